The van der Waals surface area contributed by atoms with Gasteiger partial charge in [0.2, 0.25) is 0 Å². The van der Waals surface area contributed by atoms with Crippen LogP contribution in [0.1, 0.15) is 44.1 Å². The van der Waals surface area contributed by atoms with Crippen molar-refractivity contribution in [2.24, 2.45) is 5.73 Å². The molecule has 4 N–H and O–H groups in total. The molecule has 1 aromatic rings. The largest absolute Gasteiger partial charge is 0.491 e. The molecule has 2 rings (SSSR count). The van der Waals surface area contributed by atoms with Gasteiger partial charge in [0.25, 0.3) is 0 Å². The number of aliphatic hydroxyl groups is 2. The Bertz CT molecular complexity index is 428. The number of benzene rings is 1. The molecule has 0 bridgehead atoms. The van der Waals surface area contributed by atoms with Gasteiger partial charge in [0.1, 0.15) is 12.4 Å². The Kier molecular flexibility index (Phi) is 6.03. The second-order valence-electron chi connectivity index (χ2n) is 6.17. The first-order chi connectivity index (χ1) is 10.1. The van der Waals surface area contributed by atoms with E-state index in [0.717, 1.165) is 37.0 Å². The second kappa shape index (κ2) is 7.78. The number of aliphatic hydroxyl groups excluding tert-OH is 1. The molecule has 1 aliphatic rings. The van der Waals surface area contributed by atoms with Gasteiger partial charge in [-0.1, -0.05) is 37.8 Å². The molecule has 0 radical (unpaired) electrons. The molecule has 1 saturated carbocycles. The van der Waals surface area contributed by atoms with E-state index in [1.165, 1.54) is 12.8 Å². The zero-order chi connectivity index (χ0) is 15.1. The van der Waals surface area contributed by atoms with Crippen molar-refractivity contribution in [2.75, 3.05) is 13.2 Å². The first kappa shape index (κ1) is 16.3. The van der Waals surface area contributed by atoms with Gasteiger partial charge in [0, 0.05) is 6.54 Å². The number of nitrogens with two attached hydrogens (primary N) is 1. The van der Waals surface area contributed by atoms with E-state index in [9.17, 15) is 10.2 Å². The molecule has 118 valence electrons. The van der Waals surface area contributed by atoms with Crippen LogP contribution in [-0.4, -0.2) is 35.1 Å². The third-order valence-electron chi connectivity index (χ3n) is 4.18. The van der Waals surface area contributed by atoms with Gasteiger partial charge >= 0.3 is 0 Å². The highest BCUT2D eigenvalue weighted by molar-refractivity contribution is 5.29. The van der Waals surface area contributed by atoms with E-state index in [2.05, 4.69) is 0 Å². The molecule has 4 nitrogen and oxygen atoms in total. The van der Waals surface area contributed by atoms with E-state index < -0.39 is 11.7 Å². The highest BCUT2D eigenvalue weighted by Crippen LogP contribution is 2.28. The summed E-state index contributed by atoms with van der Waals surface area (Å²) in [5.74, 6) is 0.745. The summed E-state index contributed by atoms with van der Waals surface area (Å²) in [4.78, 5) is 0. The zero-order valence-corrected chi connectivity index (χ0v) is 12.6. The Balaban J connectivity index is 1.91. The Morgan fingerprint density at radius 1 is 1.19 bits per heavy atom. The summed E-state index contributed by atoms with van der Waals surface area (Å²) in [7, 11) is 0. The number of hydrogen-bond acceptors (Lipinski definition) is 4. The van der Waals surface area contributed by atoms with E-state index in [-0.39, 0.29) is 6.54 Å². The average molecular weight is 293 g/mol. The van der Waals surface area contributed by atoms with Crippen LogP contribution in [0.4, 0.5) is 0 Å². The molecular weight excluding hydrogens is 266 g/mol. The molecule has 0 aliphatic heterocycles. The van der Waals surface area contributed by atoms with Gasteiger partial charge in [0.15, 0.2) is 0 Å². The van der Waals surface area contributed by atoms with Crippen LogP contribution in [0.5, 0.6) is 5.75 Å². The molecule has 1 unspecified atom stereocenters. The van der Waals surface area contributed by atoms with Gasteiger partial charge in [-0.2, -0.15) is 0 Å². The van der Waals surface area contributed by atoms with Crippen molar-refractivity contribution in [1.82, 2.24) is 0 Å². The van der Waals surface area contributed by atoms with Crippen LogP contribution in [-0.2, 0) is 6.42 Å². The van der Waals surface area contributed by atoms with Gasteiger partial charge < -0.3 is 20.7 Å². The van der Waals surface area contributed by atoms with Crippen molar-refractivity contribution in [3.8, 4) is 5.75 Å². The van der Waals surface area contributed by atoms with E-state index in [1.807, 2.05) is 24.3 Å². The first-order valence-corrected chi connectivity index (χ1v) is 7.93. The average Bonchev–Trinajstić information content (AvgIpc) is 2.71. The molecule has 0 heterocycles. The number of rotatable bonds is 6. The van der Waals surface area contributed by atoms with Gasteiger partial charge in [-0.25, -0.2) is 0 Å². The monoisotopic (exact) mass is 293 g/mol. The van der Waals surface area contributed by atoms with Gasteiger partial charge in [0.05, 0.1) is 11.7 Å². The minimum atomic E-state index is -0.691. The maximum Gasteiger partial charge on any atom is 0.119 e. The second-order valence-corrected chi connectivity index (χ2v) is 6.17. The summed E-state index contributed by atoms with van der Waals surface area (Å²) < 4.78 is 5.80. The van der Waals surface area contributed by atoms with Crippen LogP contribution < -0.4 is 10.5 Å². The predicted molar refractivity (Wildman–Crippen MR) is 83.4 cm³/mol. The molecular formula is C17H27NO3. The lowest BCUT2D eigenvalue weighted by atomic mass is 9.96. The van der Waals surface area contributed by atoms with Crippen molar-refractivity contribution in [3.63, 3.8) is 0 Å². The molecule has 1 aliphatic carbocycles. The van der Waals surface area contributed by atoms with E-state index >= 15 is 0 Å². The Labute approximate surface area is 126 Å². The zero-order valence-electron chi connectivity index (χ0n) is 12.6. The van der Waals surface area contributed by atoms with Crippen molar-refractivity contribution < 1.29 is 14.9 Å². The highest BCUT2D eigenvalue weighted by Gasteiger charge is 2.28. The third kappa shape index (κ3) is 5.30. The molecule has 4 heteroatoms. The Morgan fingerprint density at radius 3 is 2.57 bits per heavy atom. The summed E-state index contributed by atoms with van der Waals surface area (Å²) >= 11 is 0. The minimum Gasteiger partial charge on any atom is -0.491 e. The molecule has 1 fully saturated rings. The SMILES string of the molecule is NCC(O)Cc1cccc(OCC2(O)CCCCCC2)c1. The van der Waals surface area contributed by atoms with Crippen LogP contribution in [0.15, 0.2) is 24.3 Å². The maximum absolute atomic E-state index is 10.6. The fraction of sp³-hybridized carbons (Fsp3) is 0.647. The predicted octanol–water partition coefficient (Wildman–Crippen LogP) is 2.01. The molecule has 21 heavy (non-hydrogen) atoms. The van der Waals surface area contributed by atoms with Crippen molar-refractivity contribution in [3.05, 3.63) is 29.8 Å². The molecule has 0 spiro atoms. The Morgan fingerprint density at radius 2 is 1.90 bits per heavy atom. The topological polar surface area (TPSA) is 75.7 Å². The summed E-state index contributed by atoms with van der Waals surface area (Å²) in [6.45, 7) is 0.598. The summed E-state index contributed by atoms with van der Waals surface area (Å²) in [5.41, 5.74) is 5.74. The quantitative estimate of drug-likeness (QED) is 0.701. The van der Waals surface area contributed by atoms with E-state index in [4.69, 9.17) is 10.5 Å². The van der Waals surface area contributed by atoms with Crippen LogP contribution in [0.2, 0.25) is 0 Å². The first-order valence-electron chi connectivity index (χ1n) is 7.93. The van der Waals surface area contributed by atoms with Crippen LogP contribution in [0.25, 0.3) is 0 Å². The van der Waals surface area contributed by atoms with Crippen LogP contribution in [0.3, 0.4) is 0 Å². The fourth-order valence-electron chi connectivity index (χ4n) is 2.87. The molecule has 1 aromatic carbocycles. The van der Waals surface area contributed by atoms with E-state index in [0.29, 0.717) is 13.0 Å². The third-order valence-corrected chi connectivity index (χ3v) is 4.18. The Hall–Kier alpha value is -1.10. The lowest BCUT2D eigenvalue weighted by molar-refractivity contribution is -0.0173. The summed E-state index contributed by atoms with van der Waals surface area (Å²) in [6, 6.07) is 7.66. The normalized spacial score (nSPS) is 19.8. The van der Waals surface area contributed by atoms with Crippen LogP contribution >= 0.6 is 0 Å². The number of ether oxygens (including phenoxy) is 1. The lowest BCUT2D eigenvalue weighted by Gasteiger charge is -2.26. The highest BCUT2D eigenvalue weighted by atomic mass is 16.5. The summed E-state index contributed by atoms with van der Waals surface area (Å²) in [5, 5.41) is 20.2. The minimum absolute atomic E-state index is 0.255. The van der Waals surface area contributed by atoms with Crippen LogP contribution in [0, 0.1) is 0 Å². The fourth-order valence-corrected chi connectivity index (χ4v) is 2.87. The van der Waals surface area contributed by atoms with Crippen molar-refractivity contribution >= 4 is 0 Å². The summed E-state index contributed by atoms with van der Waals surface area (Å²) in [6.07, 6.45) is 6.19. The number of hydrogen-bond donors (Lipinski definition) is 3. The van der Waals surface area contributed by atoms with Crippen molar-refractivity contribution in [1.29, 1.82) is 0 Å². The smallest absolute Gasteiger partial charge is 0.119 e. The lowest BCUT2D eigenvalue weighted by Crippen LogP contribution is -2.35. The van der Waals surface area contributed by atoms with Gasteiger partial charge in [-0.05, 0) is 37.0 Å². The van der Waals surface area contributed by atoms with Gasteiger partial charge in [-0.3, -0.25) is 0 Å². The molecule has 0 aromatic heterocycles. The maximum atomic E-state index is 10.6. The molecule has 0 saturated heterocycles. The molecule has 0 amide bonds. The van der Waals surface area contributed by atoms with E-state index in [1.54, 1.807) is 0 Å². The van der Waals surface area contributed by atoms with Gasteiger partial charge in [-0.15, -0.1) is 0 Å². The van der Waals surface area contributed by atoms with Crippen molar-refractivity contribution in [2.45, 2.75) is 56.7 Å². The standard InChI is InChI=1S/C17H27NO3/c18-12-15(19)10-14-6-5-7-16(11-14)21-13-17(20)8-3-1-2-4-9-17/h5-7,11,15,19-20H,1-4,8-10,12-13,18H2. The molecule has 1 atom stereocenters.